The minimum atomic E-state index is -3.44. The Labute approximate surface area is 197 Å². The number of sulfonamides is 1. The second kappa shape index (κ2) is 9.36. The number of nitro benzene ring substituents is 1. The molecular weight excluding hydrogens is 462 g/mol. The lowest BCUT2D eigenvalue weighted by Gasteiger charge is -2.38. The number of hydrogen-bond acceptors (Lipinski definition) is 6. The van der Waals surface area contributed by atoms with Crippen LogP contribution in [-0.2, 0) is 14.8 Å². The molecule has 0 unspecified atom stereocenters. The normalized spacial score (nSPS) is 19.2. The maximum absolute atomic E-state index is 13.2. The van der Waals surface area contributed by atoms with Crippen LogP contribution in [0, 0.1) is 15.5 Å². The number of nitrogens with zero attached hydrogens (tertiary/aromatic N) is 3. The summed E-state index contributed by atoms with van der Waals surface area (Å²) < 4.78 is 27.6. The topological polar surface area (TPSA) is 101 Å². The van der Waals surface area contributed by atoms with Crippen molar-refractivity contribution in [2.45, 2.75) is 36.8 Å². The molecule has 0 atom stereocenters. The Morgan fingerprint density at radius 1 is 1.18 bits per heavy atom. The van der Waals surface area contributed by atoms with E-state index in [0.29, 0.717) is 47.9 Å². The molecule has 8 nitrogen and oxygen atoms in total. The number of benzene rings is 1. The van der Waals surface area contributed by atoms with Gasteiger partial charge in [-0.3, -0.25) is 14.9 Å². The van der Waals surface area contributed by atoms with E-state index in [1.807, 2.05) is 11.8 Å². The first-order chi connectivity index (χ1) is 15.7. The van der Waals surface area contributed by atoms with Crippen LogP contribution in [0.3, 0.4) is 0 Å². The molecule has 0 aliphatic carbocycles. The lowest BCUT2D eigenvalue weighted by molar-refractivity contribution is -0.384. The van der Waals surface area contributed by atoms with E-state index in [2.05, 4.69) is 0 Å². The monoisotopic (exact) mass is 489 g/mol. The molecule has 1 aromatic heterocycles. The van der Waals surface area contributed by atoms with Crippen molar-refractivity contribution in [3.63, 3.8) is 0 Å². The fourth-order valence-electron chi connectivity index (χ4n) is 4.70. The molecular formula is C23H27N3O5S2. The minimum absolute atomic E-state index is 0.00367. The van der Waals surface area contributed by atoms with E-state index in [4.69, 9.17) is 0 Å². The molecule has 3 heterocycles. The van der Waals surface area contributed by atoms with Gasteiger partial charge in [0.25, 0.3) is 15.7 Å². The van der Waals surface area contributed by atoms with E-state index < -0.39 is 14.9 Å². The lowest BCUT2D eigenvalue weighted by Crippen LogP contribution is -2.44. The summed E-state index contributed by atoms with van der Waals surface area (Å²) in [7, 11) is -3.44. The molecule has 2 aliphatic heterocycles. The zero-order valence-electron chi connectivity index (χ0n) is 18.5. The summed E-state index contributed by atoms with van der Waals surface area (Å²) in [5, 5.41) is 12.8. The van der Waals surface area contributed by atoms with E-state index in [0.717, 1.165) is 19.3 Å². The fraction of sp³-hybridized carbons (Fsp3) is 0.435. The van der Waals surface area contributed by atoms with Gasteiger partial charge in [0.2, 0.25) is 5.91 Å². The molecule has 2 fully saturated rings. The highest BCUT2D eigenvalue weighted by molar-refractivity contribution is 7.91. The summed E-state index contributed by atoms with van der Waals surface area (Å²) in [5.74, 6) is -0.0467. The molecule has 0 saturated carbocycles. The number of non-ortho nitro benzene ring substituents is 1. The lowest BCUT2D eigenvalue weighted by atomic mass is 9.78. The van der Waals surface area contributed by atoms with Gasteiger partial charge in [0, 0.05) is 43.9 Å². The first kappa shape index (κ1) is 23.6. The second-order valence-corrected chi connectivity index (χ2v) is 11.8. The Bertz CT molecular complexity index is 1170. The molecule has 1 spiro atoms. The van der Waals surface area contributed by atoms with Crippen LogP contribution in [0.25, 0.3) is 6.08 Å². The van der Waals surface area contributed by atoms with E-state index >= 15 is 0 Å². The summed E-state index contributed by atoms with van der Waals surface area (Å²) in [6, 6.07) is 9.66. The van der Waals surface area contributed by atoms with Gasteiger partial charge in [-0.05, 0) is 54.2 Å². The van der Waals surface area contributed by atoms with E-state index in [9.17, 15) is 23.3 Å². The van der Waals surface area contributed by atoms with Gasteiger partial charge in [0.05, 0.1) is 4.92 Å². The third-order valence-electron chi connectivity index (χ3n) is 6.68. The third kappa shape index (κ3) is 4.87. The average molecular weight is 490 g/mol. The molecule has 1 amide bonds. The first-order valence-electron chi connectivity index (χ1n) is 11.0. The SMILES string of the molecule is CC/C(=C/c1cccc([N+](=O)[O-])c1)C(=O)N1CCC2(CCN(S(=O)(=O)c3cccs3)CC2)C1. The number of likely N-dealkylation sites (tertiary alicyclic amines) is 1. The largest absolute Gasteiger partial charge is 0.338 e. The summed E-state index contributed by atoms with van der Waals surface area (Å²) >= 11 is 1.23. The van der Waals surface area contributed by atoms with Crippen molar-refractivity contribution in [3.8, 4) is 0 Å². The molecule has 0 radical (unpaired) electrons. The van der Waals surface area contributed by atoms with E-state index in [1.165, 1.54) is 23.5 Å². The van der Waals surface area contributed by atoms with Crippen LogP contribution in [-0.4, -0.2) is 54.6 Å². The maximum Gasteiger partial charge on any atom is 0.270 e. The number of nitro groups is 1. The van der Waals surface area contributed by atoms with Gasteiger partial charge < -0.3 is 4.90 Å². The fourth-order valence-corrected chi connectivity index (χ4v) is 7.29. The molecule has 1 aromatic carbocycles. The summed E-state index contributed by atoms with van der Waals surface area (Å²) in [4.78, 5) is 25.7. The molecule has 10 heteroatoms. The van der Waals surface area contributed by atoms with Gasteiger partial charge in [-0.15, -0.1) is 11.3 Å². The Morgan fingerprint density at radius 3 is 2.55 bits per heavy atom. The van der Waals surface area contributed by atoms with Crippen LogP contribution in [0.2, 0.25) is 0 Å². The minimum Gasteiger partial charge on any atom is -0.338 e. The zero-order chi connectivity index (χ0) is 23.6. The molecule has 2 saturated heterocycles. The highest BCUT2D eigenvalue weighted by Gasteiger charge is 2.44. The number of amides is 1. The zero-order valence-corrected chi connectivity index (χ0v) is 20.1. The Hall–Kier alpha value is -2.56. The third-order valence-corrected chi connectivity index (χ3v) is 9.95. The quantitative estimate of drug-likeness (QED) is 0.345. The van der Waals surface area contributed by atoms with Crippen molar-refractivity contribution in [2.24, 2.45) is 5.41 Å². The van der Waals surface area contributed by atoms with Crippen molar-refractivity contribution < 1.29 is 18.1 Å². The smallest absolute Gasteiger partial charge is 0.270 e. The number of hydrogen-bond donors (Lipinski definition) is 0. The molecule has 33 heavy (non-hydrogen) atoms. The maximum atomic E-state index is 13.2. The number of carbonyl (C=O) groups excluding carboxylic acids is 1. The van der Waals surface area contributed by atoms with Crippen LogP contribution < -0.4 is 0 Å². The van der Waals surface area contributed by atoms with Crippen LogP contribution in [0.5, 0.6) is 0 Å². The number of carbonyl (C=O) groups is 1. The van der Waals surface area contributed by atoms with Gasteiger partial charge in [0.15, 0.2) is 0 Å². The number of thiophene rings is 1. The second-order valence-electron chi connectivity index (χ2n) is 8.69. The average Bonchev–Trinajstić information content (AvgIpc) is 3.49. The summed E-state index contributed by atoms with van der Waals surface area (Å²) in [6.45, 7) is 4.09. The van der Waals surface area contributed by atoms with E-state index in [1.54, 1.807) is 40.0 Å². The van der Waals surface area contributed by atoms with Gasteiger partial charge in [-0.2, -0.15) is 4.31 Å². The van der Waals surface area contributed by atoms with Crippen molar-refractivity contribution in [3.05, 3.63) is 63.0 Å². The Kier molecular flexibility index (Phi) is 6.69. The van der Waals surface area contributed by atoms with Gasteiger partial charge in [0.1, 0.15) is 4.21 Å². The summed E-state index contributed by atoms with van der Waals surface area (Å²) in [5.41, 5.74) is 1.19. The molecule has 0 bridgehead atoms. The van der Waals surface area contributed by atoms with Gasteiger partial charge in [-0.1, -0.05) is 25.1 Å². The first-order valence-corrected chi connectivity index (χ1v) is 13.3. The predicted molar refractivity (Wildman–Crippen MR) is 127 cm³/mol. The highest BCUT2D eigenvalue weighted by atomic mass is 32.2. The molecule has 0 N–H and O–H groups in total. The van der Waals surface area contributed by atoms with Gasteiger partial charge in [-0.25, -0.2) is 8.42 Å². The number of rotatable bonds is 6. The molecule has 2 aromatic rings. The summed E-state index contributed by atoms with van der Waals surface area (Å²) in [6.07, 6.45) is 4.59. The Balaban J connectivity index is 1.42. The Morgan fingerprint density at radius 2 is 1.91 bits per heavy atom. The molecule has 176 valence electrons. The number of piperidine rings is 1. The standard InChI is InChI=1S/C23H27N3O5S2/c1-2-19(15-18-5-3-6-20(16-18)26(28)29)22(27)24-11-8-23(17-24)9-12-25(13-10-23)33(30,31)21-7-4-14-32-21/h3-7,14-16H,2,8-13,17H2,1H3/b19-15-. The molecule has 4 rings (SSSR count). The molecule has 2 aliphatic rings. The van der Waals surface area contributed by atoms with E-state index in [-0.39, 0.29) is 17.0 Å². The van der Waals surface area contributed by atoms with Crippen LogP contribution in [0.1, 0.15) is 38.2 Å². The highest BCUT2D eigenvalue weighted by Crippen LogP contribution is 2.42. The van der Waals surface area contributed by atoms with Crippen molar-refractivity contribution >= 4 is 39.0 Å². The van der Waals surface area contributed by atoms with Gasteiger partial charge >= 0.3 is 0 Å². The van der Waals surface area contributed by atoms with Crippen molar-refractivity contribution in [1.29, 1.82) is 0 Å². The van der Waals surface area contributed by atoms with Crippen LogP contribution >= 0.6 is 11.3 Å². The van der Waals surface area contributed by atoms with Crippen molar-refractivity contribution in [2.75, 3.05) is 26.2 Å². The van der Waals surface area contributed by atoms with Crippen molar-refractivity contribution in [1.82, 2.24) is 9.21 Å². The van der Waals surface area contributed by atoms with Crippen LogP contribution in [0.4, 0.5) is 5.69 Å². The predicted octanol–water partition coefficient (Wildman–Crippen LogP) is 4.15. The van der Waals surface area contributed by atoms with Crippen LogP contribution in [0.15, 0.2) is 51.6 Å².